The summed E-state index contributed by atoms with van der Waals surface area (Å²) in [5, 5.41) is 0. The predicted octanol–water partition coefficient (Wildman–Crippen LogP) is 5.14. The summed E-state index contributed by atoms with van der Waals surface area (Å²) in [4.78, 5) is 0. The van der Waals surface area contributed by atoms with E-state index >= 15 is 0 Å². The van der Waals surface area contributed by atoms with Gasteiger partial charge in [-0.05, 0) is 38.3 Å². The fourth-order valence-electron chi connectivity index (χ4n) is 1.55. The van der Waals surface area contributed by atoms with Crippen molar-refractivity contribution < 1.29 is 4.74 Å². The van der Waals surface area contributed by atoms with Crippen molar-refractivity contribution in [3.63, 3.8) is 0 Å². The minimum atomic E-state index is -0.482. The average Bonchev–Trinajstić information content (AvgIpc) is 2.27. The lowest BCUT2D eigenvalue weighted by atomic mass is 10.0. The quantitative estimate of drug-likeness (QED) is 0.419. The molecule has 1 saturated heterocycles. The van der Waals surface area contributed by atoms with Crippen LogP contribution in [0.5, 0.6) is 0 Å². The zero-order valence-electron chi connectivity index (χ0n) is 8.03. The lowest BCUT2D eigenvalue weighted by Crippen LogP contribution is -2.34. The Kier molecular flexibility index (Phi) is 5.45. The predicted molar refractivity (Wildman–Crippen MR) is 74.8 cm³/mol. The highest BCUT2D eigenvalue weighted by atomic mass is 79.9. The highest BCUT2D eigenvalue weighted by molar-refractivity contribution is 9.30. The molecule has 1 nitrogen and oxygen atoms in total. The number of hydrogen-bond donors (Lipinski definition) is 0. The number of hydrogen-bond acceptors (Lipinski definition) is 1. The number of rotatable bonds is 4. The van der Waals surface area contributed by atoms with Gasteiger partial charge in [-0.3, -0.25) is 0 Å². The second-order valence-corrected chi connectivity index (χ2v) is 10.5. The van der Waals surface area contributed by atoms with Crippen molar-refractivity contribution in [2.45, 2.75) is 39.3 Å². The monoisotopic (exact) mass is 454 g/mol. The van der Waals surface area contributed by atoms with E-state index in [-0.39, 0.29) is 3.23 Å². The minimum absolute atomic E-state index is 0.208. The SMILES string of the molecule is CCCCCC1COC(Br)(Br)C1(Br)Br. The second-order valence-electron chi connectivity index (χ2n) is 3.64. The van der Waals surface area contributed by atoms with E-state index in [4.69, 9.17) is 4.74 Å². The molecule has 0 saturated carbocycles. The van der Waals surface area contributed by atoms with Crippen LogP contribution in [0.1, 0.15) is 32.6 Å². The highest BCUT2D eigenvalue weighted by Crippen LogP contribution is 2.59. The van der Waals surface area contributed by atoms with Crippen LogP contribution in [0, 0.1) is 5.92 Å². The van der Waals surface area contributed by atoms with E-state index in [1.807, 2.05) is 0 Å². The molecule has 0 aromatic carbocycles. The molecule has 0 N–H and O–H groups in total. The molecule has 0 spiro atoms. The van der Waals surface area contributed by atoms with Crippen molar-refractivity contribution >= 4 is 63.7 Å². The molecule has 1 fully saturated rings. The van der Waals surface area contributed by atoms with Gasteiger partial charge in [-0.25, -0.2) is 0 Å². The van der Waals surface area contributed by atoms with Crippen molar-refractivity contribution in [3.8, 4) is 0 Å². The van der Waals surface area contributed by atoms with E-state index in [0.717, 1.165) is 6.61 Å². The number of halogens is 4. The van der Waals surface area contributed by atoms with Gasteiger partial charge in [0.15, 0.2) is 0 Å². The first-order valence-corrected chi connectivity index (χ1v) is 7.98. The lowest BCUT2D eigenvalue weighted by Gasteiger charge is -2.29. The first-order chi connectivity index (χ1) is 6.42. The van der Waals surface area contributed by atoms with E-state index < -0.39 is 3.42 Å². The van der Waals surface area contributed by atoms with Gasteiger partial charge in [-0.2, -0.15) is 0 Å². The molecule has 0 amide bonds. The second kappa shape index (κ2) is 5.48. The summed E-state index contributed by atoms with van der Waals surface area (Å²) in [5.74, 6) is 0.493. The number of unbranched alkanes of at least 4 members (excludes halogenated alkanes) is 2. The molecule has 1 atom stereocenters. The maximum atomic E-state index is 5.64. The highest BCUT2D eigenvalue weighted by Gasteiger charge is 2.56. The van der Waals surface area contributed by atoms with Crippen LogP contribution < -0.4 is 0 Å². The minimum Gasteiger partial charge on any atom is -0.351 e. The van der Waals surface area contributed by atoms with Gasteiger partial charge in [0.2, 0.25) is 3.42 Å². The first kappa shape index (κ1) is 13.9. The Bertz CT molecular complexity index is 193. The Labute approximate surface area is 119 Å². The molecular weight excluding hydrogens is 444 g/mol. The Hall–Kier alpha value is 1.88. The molecule has 1 rings (SSSR count). The molecule has 0 aromatic heterocycles. The van der Waals surface area contributed by atoms with E-state index in [1.54, 1.807) is 0 Å². The summed E-state index contributed by atoms with van der Waals surface area (Å²) in [5.41, 5.74) is 0. The average molecular weight is 458 g/mol. The number of alkyl halides is 4. The summed E-state index contributed by atoms with van der Waals surface area (Å²) in [7, 11) is 0. The van der Waals surface area contributed by atoms with E-state index in [1.165, 1.54) is 25.7 Å². The Balaban J connectivity index is 2.48. The third-order valence-corrected chi connectivity index (χ3v) is 8.77. The van der Waals surface area contributed by atoms with Crippen molar-refractivity contribution in [1.82, 2.24) is 0 Å². The van der Waals surface area contributed by atoms with Gasteiger partial charge < -0.3 is 4.74 Å². The normalized spacial score (nSPS) is 29.4. The van der Waals surface area contributed by atoms with Crippen LogP contribution in [-0.2, 0) is 4.74 Å². The van der Waals surface area contributed by atoms with Gasteiger partial charge in [0.05, 0.1) is 6.61 Å². The van der Waals surface area contributed by atoms with Gasteiger partial charge in [0.1, 0.15) is 3.23 Å². The van der Waals surface area contributed by atoms with Gasteiger partial charge in [-0.15, -0.1) is 0 Å². The summed E-state index contributed by atoms with van der Waals surface area (Å²) in [6.45, 7) is 3.00. The molecule has 0 radical (unpaired) electrons. The van der Waals surface area contributed by atoms with Gasteiger partial charge in [0.25, 0.3) is 0 Å². The van der Waals surface area contributed by atoms with Crippen LogP contribution in [0.3, 0.4) is 0 Å². The molecule has 5 heteroatoms. The summed E-state index contributed by atoms with van der Waals surface area (Å²) < 4.78 is 4.95. The van der Waals surface area contributed by atoms with Gasteiger partial charge in [-0.1, -0.05) is 58.0 Å². The fraction of sp³-hybridized carbons (Fsp3) is 1.00. The summed E-state index contributed by atoms with van der Waals surface area (Å²) >= 11 is 14.4. The Morgan fingerprint density at radius 3 is 2.29 bits per heavy atom. The molecule has 0 aromatic rings. The third kappa shape index (κ3) is 2.96. The smallest absolute Gasteiger partial charge is 0.203 e. The van der Waals surface area contributed by atoms with Crippen molar-refractivity contribution in [2.75, 3.05) is 6.61 Å². The van der Waals surface area contributed by atoms with Crippen LogP contribution in [0.4, 0.5) is 0 Å². The van der Waals surface area contributed by atoms with Crippen molar-refractivity contribution in [2.24, 2.45) is 5.92 Å². The molecule has 1 heterocycles. The van der Waals surface area contributed by atoms with E-state index in [9.17, 15) is 0 Å². The molecule has 0 bridgehead atoms. The Morgan fingerprint density at radius 1 is 1.21 bits per heavy atom. The van der Waals surface area contributed by atoms with Gasteiger partial charge >= 0.3 is 0 Å². The molecular formula is C9H14Br4O. The van der Waals surface area contributed by atoms with Crippen LogP contribution in [0.25, 0.3) is 0 Å². The van der Waals surface area contributed by atoms with Crippen LogP contribution in [0.2, 0.25) is 0 Å². The largest absolute Gasteiger partial charge is 0.351 e. The topological polar surface area (TPSA) is 9.23 Å². The molecule has 14 heavy (non-hydrogen) atoms. The van der Waals surface area contributed by atoms with Crippen LogP contribution in [-0.4, -0.2) is 13.3 Å². The van der Waals surface area contributed by atoms with Crippen LogP contribution >= 0.6 is 63.7 Å². The van der Waals surface area contributed by atoms with E-state index in [0.29, 0.717) is 5.92 Å². The first-order valence-electron chi connectivity index (χ1n) is 4.81. The lowest BCUT2D eigenvalue weighted by molar-refractivity contribution is 0.150. The van der Waals surface area contributed by atoms with Gasteiger partial charge in [0, 0.05) is 5.92 Å². The maximum Gasteiger partial charge on any atom is 0.203 e. The summed E-state index contributed by atoms with van der Waals surface area (Å²) in [6, 6.07) is 0. The van der Waals surface area contributed by atoms with Crippen molar-refractivity contribution in [3.05, 3.63) is 0 Å². The zero-order chi connectivity index (χ0) is 10.8. The zero-order valence-corrected chi connectivity index (χ0v) is 14.4. The van der Waals surface area contributed by atoms with E-state index in [2.05, 4.69) is 70.6 Å². The Morgan fingerprint density at radius 2 is 1.86 bits per heavy atom. The molecule has 1 aliphatic rings. The fourth-order valence-corrected chi connectivity index (χ4v) is 3.41. The number of ether oxygens (including phenoxy) is 1. The summed E-state index contributed by atoms with van der Waals surface area (Å²) in [6.07, 6.45) is 5.01. The van der Waals surface area contributed by atoms with Crippen molar-refractivity contribution in [1.29, 1.82) is 0 Å². The standard InChI is InChI=1S/C9H14Br4O/c1-2-3-4-5-7-6-14-9(12,13)8(7,10)11/h7H,2-6H2,1H3. The maximum absolute atomic E-state index is 5.64. The van der Waals surface area contributed by atoms with Crippen LogP contribution in [0.15, 0.2) is 0 Å². The molecule has 1 unspecified atom stereocenters. The molecule has 1 aliphatic heterocycles. The third-order valence-electron chi connectivity index (χ3n) is 2.52. The molecule has 0 aliphatic carbocycles. The molecule has 84 valence electrons.